The van der Waals surface area contributed by atoms with Gasteiger partial charge in [-0.05, 0) is 88.2 Å². The van der Waals surface area contributed by atoms with Crippen LogP contribution in [-0.4, -0.2) is 134 Å². The zero-order chi connectivity index (χ0) is 44.4. The number of anilines is 2. The summed E-state index contributed by atoms with van der Waals surface area (Å²) in [7, 11) is 0. The highest BCUT2D eigenvalue weighted by molar-refractivity contribution is 6.31. The molecule has 0 aliphatic carbocycles. The number of aryl methyl sites for hydroxylation is 1. The number of nitrogens with one attached hydrogen (secondary N) is 2. The smallest absolute Gasteiger partial charge is 0.410 e. The summed E-state index contributed by atoms with van der Waals surface area (Å²) in [5.41, 5.74) is 14.2. The van der Waals surface area contributed by atoms with Gasteiger partial charge < -0.3 is 52.2 Å². The summed E-state index contributed by atoms with van der Waals surface area (Å²) in [6.45, 7) is 10.9. The minimum Gasteiger partial charge on any atom is -0.444 e. The second-order valence-electron chi connectivity index (χ2n) is 16.1. The lowest BCUT2D eigenvalue weighted by molar-refractivity contribution is -0.0840. The van der Waals surface area contributed by atoms with Gasteiger partial charge in [-0.15, -0.1) is 0 Å². The van der Waals surface area contributed by atoms with Gasteiger partial charge in [-0.3, -0.25) is 14.5 Å². The number of carbonyl (C=O) groups excluding carboxylic acids is 3. The second-order valence-corrected chi connectivity index (χ2v) is 16.5. The van der Waals surface area contributed by atoms with Gasteiger partial charge in [0.25, 0.3) is 11.8 Å². The molecule has 332 valence electrons. The maximum Gasteiger partial charge on any atom is 0.410 e. The number of nitrogen functional groups attached to an aromatic ring is 2. The number of carbonyl (C=O) groups is 3. The minimum absolute atomic E-state index is 0.0692. The number of aliphatic hydroxyl groups excluding tert-OH is 4. The Balaban J connectivity index is 1.70. The quantitative estimate of drug-likeness (QED) is 0.0603. The summed E-state index contributed by atoms with van der Waals surface area (Å²) in [5.74, 6) is -1.38. The summed E-state index contributed by atoms with van der Waals surface area (Å²) in [6, 6.07) is 15.0. The fraction of sp³-hybridized carbons (Fsp3) is 0.558. The van der Waals surface area contributed by atoms with E-state index in [9.17, 15) is 29.7 Å². The van der Waals surface area contributed by atoms with E-state index in [-0.39, 0.29) is 67.0 Å². The molecule has 1 aromatic heterocycles. The summed E-state index contributed by atoms with van der Waals surface area (Å²) >= 11 is 6.03. The standard InChI is InChI=1S/C43H65ClN8O8/c1-6-7-8-11-20-51(26-33(54)36(56)34(55)27-53)22-19-47-40(57)31-16-14-29(15-17-31)18-21-52(42(59)60-43(3,4)5)25-30(23-32-13-10-9-12-28(32)2)24-48-41(58)35-38(45)50-39(46)37(44)49-35/h9-10,12-17,30,33-34,36,53-56H,6-8,11,18-27H2,1-5H3,(H,47,57)(H,48,58)(H4,45,46,50)/t30-,33-,34+,36+/m0/s1. The van der Waals surface area contributed by atoms with Crippen LogP contribution in [0.5, 0.6) is 0 Å². The first-order chi connectivity index (χ1) is 28.4. The molecule has 0 unspecified atom stereocenters. The van der Waals surface area contributed by atoms with Crippen molar-refractivity contribution in [2.45, 2.75) is 97.1 Å². The fourth-order valence-electron chi connectivity index (χ4n) is 6.49. The van der Waals surface area contributed by atoms with E-state index in [0.717, 1.165) is 42.4 Å². The van der Waals surface area contributed by atoms with E-state index in [1.165, 1.54) is 0 Å². The van der Waals surface area contributed by atoms with Crippen LogP contribution >= 0.6 is 11.6 Å². The van der Waals surface area contributed by atoms with E-state index in [4.69, 9.17) is 32.9 Å². The molecule has 0 spiro atoms. The molecule has 1 heterocycles. The van der Waals surface area contributed by atoms with Gasteiger partial charge in [0.1, 0.15) is 17.8 Å². The zero-order valence-corrected chi connectivity index (χ0v) is 36.3. The lowest BCUT2D eigenvalue weighted by Crippen LogP contribution is -2.47. The molecule has 60 heavy (non-hydrogen) atoms. The number of benzene rings is 2. The molecule has 0 radical (unpaired) electrons. The van der Waals surface area contributed by atoms with Gasteiger partial charge in [0.2, 0.25) is 0 Å². The van der Waals surface area contributed by atoms with Crippen molar-refractivity contribution in [3.05, 3.63) is 81.6 Å². The normalized spacial score (nSPS) is 13.7. The van der Waals surface area contributed by atoms with Crippen LogP contribution in [0.3, 0.4) is 0 Å². The number of aromatic nitrogens is 2. The number of halogens is 1. The van der Waals surface area contributed by atoms with Crippen molar-refractivity contribution in [3.8, 4) is 0 Å². The van der Waals surface area contributed by atoms with E-state index in [1.54, 1.807) is 37.8 Å². The predicted octanol–water partition coefficient (Wildman–Crippen LogP) is 3.36. The SMILES string of the molecule is CCCCCCN(CCNC(=O)c1ccc(CCN(C[C@H](CNC(=O)c2nc(Cl)c(N)nc2N)Cc2ccccc2C)C(=O)OC(C)(C)C)cc1)C[C@H](O)[C@@H](O)[C@H](O)CO. The predicted molar refractivity (Wildman–Crippen MR) is 233 cm³/mol. The molecule has 0 aliphatic rings. The highest BCUT2D eigenvalue weighted by atomic mass is 35.5. The third-order valence-corrected chi connectivity index (χ3v) is 10.2. The second kappa shape index (κ2) is 24.6. The van der Waals surface area contributed by atoms with Gasteiger partial charge in [-0.1, -0.05) is 74.2 Å². The molecule has 2 aromatic carbocycles. The van der Waals surface area contributed by atoms with Gasteiger partial charge in [-0.25, -0.2) is 14.8 Å². The molecular formula is C43H65ClN8O8. The molecule has 10 N–H and O–H groups in total. The molecule has 0 fully saturated rings. The van der Waals surface area contributed by atoms with Crippen molar-refractivity contribution in [2.75, 3.05) is 63.9 Å². The molecule has 0 aliphatic heterocycles. The van der Waals surface area contributed by atoms with Crippen molar-refractivity contribution in [1.82, 2.24) is 30.4 Å². The topological polar surface area (TPSA) is 250 Å². The first kappa shape index (κ1) is 49.8. The van der Waals surface area contributed by atoms with Gasteiger partial charge >= 0.3 is 6.09 Å². The molecule has 0 saturated heterocycles. The number of aliphatic hydroxyl groups is 4. The highest BCUT2D eigenvalue weighted by Crippen LogP contribution is 2.20. The molecule has 4 atom stereocenters. The lowest BCUT2D eigenvalue weighted by Gasteiger charge is -2.31. The lowest BCUT2D eigenvalue weighted by atomic mass is 9.95. The summed E-state index contributed by atoms with van der Waals surface area (Å²) in [5, 5.41) is 45.2. The van der Waals surface area contributed by atoms with Crippen LogP contribution < -0.4 is 22.1 Å². The molecule has 3 aromatic rings. The van der Waals surface area contributed by atoms with Crippen LogP contribution in [0.4, 0.5) is 16.4 Å². The molecule has 0 bridgehead atoms. The largest absolute Gasteiger partial charge is 0.444 e. The average molecular weight is 857 g/mol. The Morgan fingerprint density at radius 1 is 0.867 bits per heavy atom. The first-order valence-corrected chi connectivity index (χ1v) is 20.9. The molecule has 16 nitrogen and oxygen atoms in total. The van der Waals surface area contributed by atoms with Crippen molar-refractivity contribution >= 4 is 41.1 Å². The van der Waals surface area contributed by atoms with Gasteiger partial charge in [-0.2, -0.15) is 0 Å². The average Bonchev–Trinajstić information content (AvgIpc) is 3.20. The van der Waals surface area contributed by atoms with E-state index < -0.39 is 42.5 Å². The highest BCUT2D eigenvalue weighted by Gasteiger charge is 2.28. The Labute approximate surface area is 358 Å². The fourth-order valence-corrected chi connectivity index (χ4v) is 6.61. The Kier molecular flexibility index (Phi) is 20.4. The minimum atomic E-state index is -1.50. The number of ether oxygens (including phenoxy) is 1. The van der Waals surface area contributed by atoms with Crippen LogP contribution in [0.25, 0.3) is 0 Å². The number of unbranched alkanes of at least 4 members (excludes halogenated alkanes) is 3. The third-order valence-electron chi connectivity index (χ3n) is 9.92. The van der Waals surface area contributed by atoms with Crippen LogP contribution in [0.2, 0.25) is 5.15 Å². The number of hydrogen-bond acceptors (Lipinski definition) is 13. The van der Waals surface area contributed by atoms with Gasteiger partial charge in [0, 0.05) is 44.8 Å². The zero-order valence-electron chi connectivity index (χ0n) is 35.6. The monoisotopic (exact) mass is 856 g/mol. The van der Waals surface area contributed by atoms with Crippen molar-refractivity contribution < 1.29 is 39.5 Å². The van der Waals surface area contributed by atoms with E-state index in [0.29, 0.717) is 31.5 Å². The third kappa shape index (κ3) is 16.8. The molecular weight excluding hydrogens is 792 g/mol. The molecule has 3 amide bonds. The van der Waals surface area contributed by atoms with E-state index in [1.807, 2.05) is 48.2 Å². The molecule has 0 saturated carbocycles. The van der Waals surface area contributed by atoms with Crippen LogP contribution in [-0.2, 0) is 17.6 Å². The number of hydrogen-bond donors (Lipinski definition) is 8. The maximum atomic E-state index is 13.7. The van der Waals surface area contributed by atoms with Crippen molar-refractivity contribution in [3.63, 3.8) is 0 Å². The van der Waals surface area contributed by atoms with Crippen molar-refractivity contribution in [2.24, 2.45) is 5.92 Å². The van der Waals surface area contributed by atoms with Crippen molar-refractivity contribution in [1.29, 1.82) is 0 Å². The van der Waals surface area contributed by atoms with Crippen LogP contribution in [0.15, 0.2) is 48.5 Å². The Hall–Kier alpha value is -4.58. The molecule has 3 rings (SSSR count). The Morgan fingerprint density at radius 2 is 1.57 bits per heavy atom. The molecule has 17 heteroatoms. The van der Waals surface area contributed by atoms with Gasteiger partial charge in [0.15, 0.2) is 22.5 Å². The number of amides is 3. The first-order valence-electron chi connectivity index (χ1n) is 20.6. The number of nitrogens with zero attached hydrogens (tertiary/aromatic N) is 4. The number of nitrogens with two attached hydrogens (primary N) is 2. The maximum absolute atomic E-state index is 13.7. The van der Waals surface area contributed by atoms with E-state index >= 15 is 0 Å². The number of rotatable bonds is 24. The Bertz CT molecular complexity index is 1810. The summed E-state index contributed by atoms with van der Waals surface area (Å²) in [4.78, 5) is 51.5. The van der Waals surface area contributed by atoms with Crippen LogP contribution in [0, 0.1) is 12.8 Å². The van der Waals surface area contributed by atoms with E-state index in [2.05, 4.69) is 27.5 Å². The van der Waals surface area contributed by atoms with Gasteiger partial charge in [0.05, 0.1) is 12.7 Å². The summed E-state index contributed by atoms with van der Waals surface area (Å²) in [6.07, 6.45) is 0.248. The Morgan fingerprint density at radius 3 is 2.22 bits per heavy atom. The summed E-state index contributed by atoms with van der Waals surface area (Å²) < 4.78 is 5.82. The van der Waals surface area contributed by atoms with Crippen LogP contribution in [0.1, 0.15) is 90.9 Å².